The first-order chi connectivity index (χ1) is 18.6. The number of carbonyl (C=O) groups is 5. The minimum Gasteiger partial charge on any atom is -0.481 e. The van der Waals surface area contributed by atoms with Gasteiger partial charge < -0.3 is 34.8 Å². The second kappa shape index (κ2) is 13.3. The Kier molecular flexibility index (Phi) is 9.84. The lowest BCUT2D eigenvalue weighted by Gasteiger charge is -2.35. The molecular weight excluding hydrogens is 514 g/mol. The Hall–Kier alpha value is -4.62. The lowest BCUT2D eigenvalue weighted by atomic mass is 10.1. The first-order valence-corrected chi connectivity index (χ1v) is 12.4. The summed E-state index contributed by atoms with van der Waals surface area (Å²) in [5, 5.41) is 25.2. The number of amides is 3. The molecule has 0 spiro atoms. The molecule has 0 bridgehead atoms. The van der Waals surface area contributed by atoms with Crippen LogP contribution in [-0.2, 0) is 19.1 Å². The summed E-state index contributed by atoms with van der Waals surface area (Å²) in [5.41, 5.74) is 0.341. The molecule has 14 nitrogen and oxygen atoms in total. The van der Waals surface area contributed by atoms with Crippen LogP contribution in [0, 0.1) is 0 Å². The number of carbonyl (C=O) groups excluding carboxylic acids is 3. The third-order valence-corrected chi connectivity index (χ3v) is 5.92. The fraction of sp³-hybridized carbons (Fsp3) is 0.440. The van der Waals surface area contributed by atoms with Gasteiger partial charge >= 0.3 is 18.0 Å². The zero-order valence-electron chi connectivity index (χ0n) is 21.6. The van der Waals surface area contributed by atoms with E-state index in [-0.39, 0.29) is 57.2 Å². The highest BCUT2D eigenvalue weighted by molar-refractivity contribution is 5.96. The SMILES string of the molecule is CCOC(=O)N1CCN(C(=O)[C@H](CCC(=O)O)NC(=O)c2cc(OC(C)C(=O)O)n(-c3ccccc3)n2)CC1. The summed E-state index contributed by atoms with van der Waals surface area (Å²) < 4.78 is 11.7. The molecule has 3 rings (SSSR count). The van der Waals surface area contributed by atoms with Gasteiger partial charge in [0, 0.05) is 38.7 Å². The summed E-state index contributed by atoms with van der Waals surface area (Å²) in [7, 11) is 0. The Morgan fingerprint density at radius 2 is 1.67 bits per heavy atom. The van der Waals surface area contributed by atoms with Gasteiger partial charge in [-0.25, -0.2) is 14.3 Å². The lowest BCUT2D eigenvalue weighted by Crippen LogP contribution is -2.56. The number of carboxylic acid groups (broad SMARTS) is 2. The van der Waals surface area contributed by atoms with Gasteiger partial charge in [0.25, 0.3) is 5.91 Å². The molecule has 0 aliphatic carbocycles. The number of hydrogen-bond acceptors (Lipinski definition) is 8. The van der Waals surface area contributed by atoms with E-state index in [1.54, 1.807) is 37.3 Å². The Bertz CT molecular complexity index is 1190. The predicted molar refractivity (Wildman–Crippen MR) is 135 cm³/mol. The van der Waals surface area contributed by atoms with Crippen LogP contribution < -0.4 is 10.1 Å². The minimum atomic E-state index is -1.24. The van der Waals surface area contributed by atoms with Crippen molar-refractivity contribution in [3.63, 3.8) is 0 Å². The van der Waals surface area contributed by atoms with Gasteiger partial charge in [-0.2, -0.15) is 5.10 Å². The molecule has 1 saturated heterocycles. The van der Waals surface area contributed by atoms with Gasteiger partial charge in [-0.05, 0) is 32.4 Å². The third kappa shape index (κ3) is 7.69. The van der Waals surface area contributed by atoms with Crippen molar-refractivity contribution in [2.24, 2.45) is 0 Å². The summed E-state index contributed by atoms with van der Waals surface area (Å²) in [5.74, 6) is -3.63. The van der Waals surface area contributed by atoms with Gasteiger partial charge in [0.2, 0.25) is 11.8 Å². The molecule has 210 valence electrons. The Morgan fingerprint density at radius 3 is 2.26 bits per heavy atom. The molecule has 1 aromatic heterocycles. The van der Waals surface area contributed by atoms with Crippen LogP contribution in [0.5, 0.6) is 5.88 Å². The first-order valence-electron chi connectivity index (χ1n) is 12.4. The maximum atomic E-state index is 13.3. The Labute approximate surface area is 224 Å². The monoisotopic (exact) mass is 545 g/mol. The molecule has 2 atom stereocenters. The number of para-hydroxylation sites is 1. The molecule has 3 amide bonds. The van der Waals surface area contributed by atoms with Crippen molar-refractivity contribution in [2.45, 2.75) is 38.8 Å². The van der Waals surface area contributed by atoms with E-state index >= 15 is 0 Å². The number of nitrogens with one attached hydrogen (secondary N) is 1. The van der Waals surface area contributed by atoms with Crippen molar-refractivity contribution < 1.29 is 43.7 Å². The number of benzene rings is 1. The van der Waals surface area contributed by atoms with Gasteiger partial charge in [-0.15, -0.1) is 0 Å². The van der Waals surface area contributed by atoms with E-state index in [4.69, 9.17) is 9.47 Å². The molecule has 1 fully saturated rings. The molecule has 1 aromatic carbocycles. The number of nitrogens with zero attached hydrogens (tertiary/aromatic N) is 4. The van der Waals surface area contributed by atoms with Crippen LogP contribution in [0.1, 0.15) is 37.2 Å². The van der Waals surface area contributed by atoms with E-state index in [1.165, 1.54) is 27.5 Å². The van der Waals surface area contributed by atoms with Crippen molar-refractivity contribution in [1.82, 2.24) is 24.9 Å². The van der Waals surface area contributed by atoms with E-state index in [9.17, 15) is 34.2 Å². The molecule has 0 saturated carbocycles. The van der Waals surface area contributed by atoms with Gasteiger partial charge in [-0.3, -0.25) is 14.4 Å². The van der Waals surface area contributed by atoms with Crippen LogP contribution in [0.25, 0.3) is 5.69 Å². The predicted octanol–water partition coefficient (Wildman–Crippen LogP) is 0.988. The van der Waals surface area contributed by atoms with Crippen molar-refractivity contribution in [3.05, 3.63) is 42.1 Å². The molecule has 14 heteroatoms. The molecule has 0 radical (unpaired) electrons. The van der Waals surface area contributed by atoms with Crippen LogP contribution in [0.4, 0.5) is 4.79 Å². The number of hydrogen-bond donors (Lipinski definition) is 3. The van der Waals surface area contributed by atoms with Gasteiger partial charge in [0.1, 0.15) is 6.04 Å². The van der Waals surface area contributed by atoms with Crippen molar-refractivity contribution in [2.75, 3.05) is 32.8 Å². The zero-order chi connectivity index (χ0) is 28.5. The van der Waals surface area contributed by atoms with Crippen LogP contribution in [0.2, 0.25) is 0 Å². The molecule has 2 heterocycles. The van der Waals surface area contributed by atoms with E-state index in [0.29, 0.717) is 5.69 Å². The number of carboxylic acids is 2. The smallest absolute Gasteiger partial charge is 0.409 e. The second-order valence-electron chi connectivity index (χ2n) is 8.68. The summed E-state index contributed by atoms with van der Waals surface area (Å²) in [6.07, 6.45) is -2.26. The number of piperazine rings is 1. The Balaban J connectivity index is 1.79. The van der Waals surface area contributed by atoms with Crippen molar-refractivity contribution in [1.29, 1.82) is 0 Å². The number of ether oxygens (including phenoxy) is 2. The quantitative estimate of drug-likeness (QED) is 0.368. The molecule has 39 heavy (non-hydrogen) atoms. The number of aliphatic carboxylic acids is 2. The summed E-state index contributed by atoms with van der Waals surface area (Å²) in [6.45, 7) is 4.08. The van der Waals surface area contributed by atoms with E-state index in [2.05, 4.69) is 10.4 Å². The topological polar surface area (TPSA) is 181 Å². The van der Waals surface area contributed by atoms with Crippen molar-refractivity contribution >= 4 is 29.8 Å². The van der Waals surface area contributed by atoms with Gasteiger partial charge in [0.05, 0.1) is 12.3 Å². The minimum absolute atomic E-state index is 0.00949. The van der Waals surface area contributed by atoms with Gasteiger partial charge in [-0.1, -0.05) is 18.2 Å². The average molecular weight is 546 g/mol. The maximum Gasteiger partial charge on any atom is 0.409 e. The van der Waals surface area contributed by atoms with Crippen molar-refractivity contribution in [3.8, 4) is 11.6 Å². The highest BCUT2D eigenvalue weighted by Gasteiger charge is 2.32. The summed E-state index contributed by atoms with van der Waals surface area (Å²) in [4.78, 5) is 63.9. The van der Waals surface area contributed by atoms with Gasteiger partial charge in [0.15, 0.2) is 11.8 Å². The maximum absolute atomic E-state index is 13.3. The lowest BCUT2D eigenvalue weighted by molar-refractivity contribution is -0.144. The van der Waals surface area contributed by atoms with Crippen LogP contribution in [0.15, 0.2) is 36.4 Å². The number of rotatable bonds is 11. The third-order valence-electron chi connectivity index (χ3n) is 5.92. The largest absolute Gasteiger partial charge is 0.481 e. The molecular formula is C25H31N5O9. The molecule has 1 aliphatic heterocycles. The molecule has 2 aromatic rings. The van der Waals surface area contributed by atoms with Crippen LogP contribution >= 0.6 is 0 Å². The standard InChI is InChI=1S/C25H31N5O9/c1-3-38-25(37)29-13-11-28(12-14-29)23(34)18(9-10-21(31)32)26-22(33)19-15-20(39-16(2)24(35)36)30(27-19)17-7-5-4-6-8-17/h4-8,15-16,18H,3,9-14H2,1-2H3,(H,26,33)(H,31,32)(H,35,36)/t16?,18-/m0/s1. The first kappa shape index (κ1) is 28.9. The second-order valence-corrected chi connectivity index (χ2v) is 8.68. The number of aromatic nitrogens is 2. The molecule has 1 aliphatic rings. The van der Waals surface area contributed by atoms with E-state index in [1.807, 2.05) is 0 Å². The van der Waals surface area contributed by atoms with Crippen LogP contribution in [-0.4, -0.2) is 105 Å². The molecule has 3 N–H and O–H groups in total. The highest BCUT2D eigenvalue weighted by Crippen LogP contribution is 2.21. The zero-order valence-corrected chi connectivity index (χ0v) is 21.6. The molecule has 1 unspecified atom stereocenters. The Morgan fingerprint density at radius 1 is 1.03 bits per heavy atom. The van der Waals surface area contributed by atoms with Crippen LogP contribution in [0.3, 0.4) is 0 Å². The highest BCUT2D eigenvalue weighted by atomic mass is 16.6. The fourth-order valence-corrected chi connectivity index (χ4v) is 3.85. The summed E-state index contributed by atoms with van der Waals surface area (Å²) in [6, 6.07) is 8.66. The normalized spacial score (nSPS) is 14.7. The average Bonchev–Trinajstić information content (AvgIpc) is 3.35. The summed E-state index contributed by atoms with van der Waals surface area (Å²) >= 11 is 0. The van der Waals surface area contributed by atoms with E-state index < -0.39 is 42.0 Å². The fourth-order valence-electron chi connectivity index (χ4n) is 3.85. The van der Waals surface area contributed by atoms with E-state index in [0.717, 1.165) is 0 Å².